The lowest BCUT2D eigenvalue weighted by Gasteiger charge is -2.36. The molecule has 0 aromatic carbocycles. The summed E-state index contributed by atoms with van der Waals surface area (Å²) in [4.78, 5) is 0. The van der Waals surface area contributed by atoms with Crippen LogP contribution in [0.3, 0.4) is 0 Å². The number of ether oxygens (including phenoxy) is 1. The van der Waals surface area contributed by atoms with Crippen LogP contribution in [0.2, 0.25) is 0 Å². The molecule has 2 atom stereocenters. The number of alkyl halides is 2. The monoisotopic (exact) mass is 412 g/mol. The Bertz CT molecular complexity index is 490. The average Bonchev–Trinajstić information content (AvgIpc) is 2.54. The third kappa shape index (κ3) is 9.05. The number of hydrogen-bond donors (Lipinski definition) is 1. The van der Waals surface area contributed by atoms with E-state index in [0.29, 0.717) is 44.5 Å². The first kappa shape index (κ1) is 23.2. The molecule has 0 aromatic heterocycles. The van der Waals surface area contributed by atoms with Gasteiger partial charge in [-0.1, -0.05) is 23.3 Å². The van der Waals surface area contributed by atoms with E-state index in [-0.39, 0.29) is 6.23 Å². The maximum atomic E-state index is 13.0. The average molecular weight is 413 g/mol. The van der Waals surface area contributed by atoms with Gasteiger partial charge >= 0.3 is 7.67 Å². The molecule has 5 nitrogen and oxygen atoms in total. The molecule has 1 N–H and O–H groups in total. The Labute approximate surface area is 162 Å². The van der Waals surface area contributed by atoms with E-state index in [9.17, 15) is 4.57 Å². The second-order valence-electron chi connectivity index (χ2n) is 6.30. The number of allylic oxidation sites excluding steroid dienone is 3. The van der Waals surface area contributed by atoms with Crippen molar-refractivity contribution < 1.29 is 13.8 Å². The highest BCUT2D eigenvalue weighted by Crippen LogP contribution is 2.49. The predicted octanol–water partition coefficient (Wildman–Crippen LogP) is 4.92. The molecule has 146 valence electrons. The molecule has 8 heteroatoms. The molecule has 2 unspecified atom stereocenters. The van der Waals surface area contributed by atoms with Gasteiger partial charge in [0.2, 0.25) is 0 Å². The van der Waals surface area contributed by atoms with E-state index in [1.165, 1.54) is 11.1 Å². The van der Waals surface area contributed by atoms with Gasteiger partial charge in [-0.25, -0.2) is 9.76 Å². The van der Waals surface area contributed by atoms with Crippen molar-refractivity contribution in [1.82, 2.24) is 9.76 Å². The van der Waals surface area contributed by atoms with Crippen molar-refractivity contribution in [3.8, 4) is 0 Å². The van der Waals surface area contributed by atoms with Gasteiger partial charge in [-0.2, -0.15) is 0 Å². The number of nitrogens with one attached hydrogen (secondary N) is 1. The standard InChI is InChI=1S/C17H31Cl2N2O3P/c1-15(2)5-4-6-16(3)7-13-23-17-8-14-24-25(22,20-17)21(11-9-18)12-10-19/h5,7,17H,4,6,8-14H2,1-3H3,(H,20,22)/b16-7+. The summed E-state index contributed by atoms with van der Waals surface area (Å²) in [5.41, 5.74) is 2.63. The van der Waals surface area contributed by atoms with Crippen LogP contribution in [0.1, 0.15) is 40.0 Å². The van der Waals surface area contributed by atoms with E-state index in [1.54, 1.807) is 4.67 Å². The van der Waals surface area contributed by atoms with E-state index < -0.39 is 7.67 Å². The number of hydrogen-bond acceptors (Lipinski definition) is 3. The molecule has 0 radical (unpaired) electrons. The summed E-state index contributed by atoms with van der Waals surface area (Å²) in [6.07, 6.45) is 6.74. The largest absolute Gasteiger partial charge is 0.359 e. The zero-order valence-electron chi connectivity index (χ0n) is 15.5. The maximum Gasteiger partial charge on any atom is 0.345 e. The van der Waals surface area contributed by atoms with Gasteiger partial charge in [-0.05, 0) is 33.6 Å². The molecule has 0 aromatic rings. The van der Waals surface area contributed by atoms with Gasteiger partial charge in [0.05, 0.1) is 13.2 Å². The molecular weight excluding hydrogens is 382 g/mol. The van der Waals surface area contributed by atoms with Gasteiger partial charge in [-0.3, -0.25) is 4.57 Å². The lowest BCUT2D eigenvalue weighted by atomic mass is 10.1. The van der Waals surface area contributed by atoms with Gasteiger partial charge < -0.3 is 9.26 Å². The molecule has 1 rings (SSSR count). The molecule has 0 saturated carbocycles. The Balaban J connectivity index is 2.49. The number of halogens is 2. The van der Waals surface area contributed by atoms with Crippen molar-refractivity contribution in [2.45, 2.75) is 46.3 Å². The minimum absolute atomic E-state index is 0.297. The molecule has 1 fully saturated rings. The minimum Gasteiger partial charge on any atom is -0.359 e. The fourth-order valence-electron chi connectivity index (χ4n) is 2.42. The van der Waals surface area contributed by atoms with Crippen molar-refractivity contribution in [3.63, 3.8) is 0 Å². The first-order valence-corrected chi connectivity index (χ1v) is 11.4. The van der Waals surface area contributed by atoms with E-state index >= 15 is 0 Å². The van der Waals surface area contributed by atoms with Crippen LogP contribution < -0.4 is 5.09 Å². The summed E-state index contributed by atoms with van der Waals surface area (Å²) >= 11 is 11.6. The van der Waals surface area contributed by atoms with Crippen molar-refractivity contribution in [2.75, 3.05) is 38.1 Å². The lowest BCUT2D eigenvalue weighted by molar-refractivity contribution is 0.0252. The van der Waals surface area contributed by atoms with Crippen LogP contribution in [-0.4, -0.2) is 49.0 Å². The van der Waals surface area contributed by atoms with Crippen molar-refractivity contribution >= 4 is 30.9 Å². The minimum atomic E-state index is -3.14. The molecule has 0 aliphatic carbocycles. The van der Waals surface area contributed by atoms with Gasteiger partial charge in [-0.15, -0.1) is 23.2 Å². The Morgan fingerprint density at radius 3 is 2.56 bits per heavy atom. The van der Waals surface area contributed by atoms with Gasteiger partial charge in [0.25, 0.3) is 0 Å². The highest BCUT2D eigenvalue weighted by Gasteiger charge is 2.37. The molecule has 0 bridgehead atoms. The van der Waals surface area contributed by atoms with E-state index in [0.717, 1.165) is 12.8 Å². The summed E-state index contributed by atoms with van der Waals surface area (Å²) in [5.74, 6) is 0.732. The summed E-state index contributed by atoms with van der Waals surface area (Å²) in [7, 11) is -3.14. The van der Waals surface area contributed by atoms with Crippen LogP contribution in [0.25, 0.3) is 0 Å². The van der Waals surface area contributed by atoms with Crippen molar-refractivity contribution in [3.05, 3.63) is 23.3 Å². The quantitative estimate of drug-likeness (QED) is 0.296. The fourth-order valence-corrected chi connectivity index (χ4v) is 5.11. The smallest absolute Gasteiger partial charge is 0.345 e. The van der Waals surface area contributed by atoms with Crippen LogP contribution in [-0.2, 0) is 13.8 Å². The Morgan fingerprint density at radius 1 is 1.28 bits per heavy atom. The molecule has 1 heterocycles. The summed E-state index contributed by atoms with van der Waals surface area (Å²) < 4.78 is 26.0. The molecule has 25 heavy (non-hydrogen) atoms. The second-order valence-corrected chi connectivity index (χ2v) is 9.17. The van der Waals surface area contributed by atoms with Crippen molar-refractivity contribution in [2.24, 2.45) is 0 Å². The zero-order chi connectivity index (χ0) is 18.7. The van der Waals surface area contributed by atoms with Crippen LogP contribution in [0.15, 0.2) is 23.3 Å². The highest BCUT2D eigenvalue weighted by atomic mass is 35.5. The van der Waals surface area contributed by atoms with Gasteiger partial charge in [0, 0.05) is 31.3 Å². The number of nitrogens with zero attached hydrogens (tertiary/aromatic N) is 1. The van der Waals surface area contributed by atoms with Gasteiger partial charge in [0.15, 0.2) is 0 Å². The SMILES string of the molecule is CC(C)=CCC/C(C)=C/COC1CCOP(=O)(N(CCCl)CCCl)N1. The van der Waals surface area contributed by atoms with Crippen LogP contribution >= 0.6 is 30.9 Å². The third-order valence-electron chi connectivity index (χ3n) is 3.83. The third-order valence-corrected chi connectivity index (χ3v) is 6.46. The molecule has 0 amide bonds. The van der Waals surface area contributed by atoms with Crippen LogP contribution in [0.4, 0.5) is 0 Å². The maximum absolute atomic E-state index is 13.0. The van der Waals surface area contributed by atoms with E-state index in [1.807, 2.05) is 0 Å². The molecule has 1 saturated heterocycles. The van der Waals surface area contributed by atoms with Crippen LogP contribution in [0.5, 0.6) is 0 Å². The summed E-state index contributed by atoms with van der Waals surface area (Å²) in [5, 5.41) is 3.01. The highest BCUT2D eigenvalue weighted by molar-refractivity contribution is 7.54. The summed E-state index contributed by atoms with van der Waals surface area (Å²) in [6.45, 7) is 8.10. The normalized spacial score (nSPS) is 24.6. The Kier molecular flexibility index (Phi) is 11.6. The Morgan fingerprint density at radius 2 is 1.96 bits per heavy atom. The van der Waals surface area contributed by atoms with E-state index in [4.69, 9.17) is 32.5 Å². The molecule has 0 spiro atoms. The first-order chi connectivity index (χ1) is 11.9. The van der Waals surface area contributed by atoms with Crippen LogP contribution in [0, 0.1) is 0 Å². The fraction of sp³-hybridized carbons (Fsp3) is 0.765. The first-order valence-electron chi connectivity index (χ1n) is 8.71. The Hall–Kier alpha value is 0.130. The predicted molar refractivity (Wildman–Crippen MR) is 106 cm³/mol. The summed E-state index contributed by atoms with van der Waals surface area (Å²) in [6, 6.07) is 0. The van der Waals surface area contributed by atoms with Gasteiger partial charge in [0.1, 0.15) is 6.23 Å². The van der Waals surface area contributed by atoms with E-state index in [2.05, 4.69) is 38.0 Å². The van der Waals surface area contributed by atoms with Crippen molar-refractivity contribution in [1.29, 1.82) is 0 Å². The molecule has 1 aliphatic heterocycles. The second kappa shape index (κ2) is 12.5. The lowest BCUT2D eigenvalue weighted by Crippen LogP contribution is -2.42. The zero-order valence-corrected chi connectivity index (χ0v) is 17.9. The molecule has 1 aliphatic rings. The number of rotatable bonds is 11. The topological polar surface area (TPSA) is 50.8 Å². The molecular formula is C17H31Cl2N2O3P.